The van der Waals surface area contributed by atoms with Crippen LogP contribution in [-0.2, 0) is 6.54 Å². The number of hydrogen-bond acceptors (Lipinski definition) is 4. The third-order valence-corrected chi connectivity index (χ3v) is 3.44. The molecule has 1 N–H and O–H groups in total. The quantitative estimate of drug-likeness (QED) is 0.879. The molecule has 0 aliphatic carbocycles. The molecular weight excluding hydrogens is 316 g/mol. The second-order valence-electron chi connectivity index (χ2n) is 4.88. The number of pyridine rings is 1. The van der Waals surface area contributed by atoms with Gasteiger partial charge in [0.25, 0.3) is 5.91 Å². The van der Waals surface area contributed by atoms with Gasteiger partial charge in [-0.3, -0.25) is 9.78 Å². The molecule has 0 saturated carbocycles. The van der Waals surface area contributed by atoms with Crippen molar-refractivity contribution in [2.45, 2.75) is 20.4 Å². The van der Waals surface area contributed by atoms with E-state index < -0.39 is 0 Å². The highest BCUT2D eigenvalue weighted by molar-refractivity contribution is 6.32. The third kappa shape index (κ3) is 4.36. The Morgan fingerprint density at radius 1 is 1.35 bits per heavy atom. The number of rotatable bonds is 6. The SMILES string of the molecule is CCOc1c(Cl)cc(C(=O)NCc2cccc(C)n2)cc1OC. The van der Waals surface area contributed by atoms with Gasteiger partial charge >= 0.3 is 0 Å². The van der Waals surface area contributed by atoms with Crippen molar-refractivity contribution in [2.24, 2.45) is 0 Å². The van der Waals surface area contributed by atoms with Crippen molar-refractivity contribution in [3.8, 4) is 11.5 Å². The topological polar surface area (TPSA) is 60.5 Å². The van der Waals surface area contributed by atoms with Gasteiger partial charge in [-0.25, -0.2) is 0 Å². The minimum atomic E-state index is -0.253. The Hall–Kier alpha value is -2.27. The van der Waals surface area contributed by atoms with Crippen LogP contribution in [0.3, 0.4) is 0 Å². The summed E-state index contributed by atoms with van der Waals surface area (Å²) >= 11 is 6.18. The standard InChI is InChI=1S/C17H19ClN2O3/c1-4-23-16-14(18)8-12(9-15(16)22-3)17(21)19-10-13-7-5-6-11(2)20-13/h5-9H,4,10H2,1-3H3,(H,19,21). The highest BCUT2D eigenvalue weighted by Gasteiger charge is 2.15. The first-order chi connectivity index (χ1) is 11.0. The average Bonchev–Trinajstić information content (AvgIpc) is 2.54. The minimum Gasteiger partial charge on any atom is -0.493 e. The number of benzene rings is 1. The lowest BCUT2D eigenvalue weighted by molar-refractivity contribution is 0.0950. The molecule has 122 valence electrons. The van der Waals surface area contributed by atoms with E-state index in [4.69, 9.17) is 21.1 Å². The van der Waals surface area contributed by atoms with Crippen LogP contribution in [0.4, 0.5) is 0 Å². The summed E-state index contributed by atoms with van der Waals surface area (Å²) in [4.78, 5) is 16.6. The molecule has 6 heteroatoms. The first-order valence-electron chi connectivity index (χ1n) is 7.26. The molecule has 2 aromatic rings. The summed E-state index contributed by atoms with van der Waals surface area (Å²) < 4.78 is 10.7. The summed E-state index contributed by atoms with van der Waals surface area (Å²) in [6.45, 7) is 4.56. The lowest BCUT2D eigenvalue weighted by atomic mass is 10.2. The fraction of sp³-hybridized carbons (Fsp3) is 0.294. The number of aromatic nitrogens is 1. The zero-order chi connectivity index (χ0) is 16.8. The van der Waals surface area contributed by atoms with Crippen molar-refractivity contribution in [1.29, 1.82) is 0 Å². The van der Waals surface area contributed by atoms with E-state index in [1.807, 2.05) is 32.0 Å². The summed E-state index contributed by atoms with van der Waals surface area (Å²) in [5, 5.41) is 3.15. The lowest BCUT2D eigenvalue weighted by Gasteiger charge is -2.13. The van der Waals surface area contributed by atoms with Crippen LogP contribution in [0.2, 0.25) is 5.02 Å². The number of carbonyl (C=O) groups is 1. The number of methoxy groups -OCH3 is 1. The first-order valence-corrected chi connectivity index (χ1v) is 7.64. The van der Waals surface area contributed by atoms with Crippen molar-refractivity contribution in [3.05, 3.63) is 52.3 Å². The van der Waals surface area contributed by atoms with Gasteiger partial charge in [0, 0.05) is 11.3 Å². The van der Waals surface area contributed by atoms with Gasteiger partial charge in [-0.2, -0.15) is 0 Å². The van der Waals surface area contributed by atoms with Crippen molar-refractivity contribution < 1.29 is 14.3 Å². The van der Waals surface area contributed by atoms with Crippen molar-refractivity contribution in [1.82, 2.24) is 10.3 Å². The van der Waals surface area contributed by atoms with Gasteiger partial charge in [-0.05, 0) is 38.1 Å². The molecule has 0 fully saturated rings. The van der Waals surface area contributed by atoms with Crippen LogP contribution in [0.1, 0.15) is 28.7 Å². The molecule has 0 atom stereocenters. The Kier molecular flexibility index (Phi) is 5.82. The maximum atomic E-state index is 12.3. The van der Waals surface area contributed by atoms with Gasteiger partial charge < -0.3 is 14.8 Å². The molecule has 2 rings (SSSR count). The summed E-state index contributed by atoms with van der Waals surface area (Å²) in [5.41, 5.74) is 2.10. The fourth-order valence-corrected chi connectivity index (χ4v) is 2.37. The molecule has 1 aromatic carbocycles. The molecule has 1 aromatic heterocycles. The molecule has 0 saturated heterocycles. The zero-order valence-electron chi connectivity index (χ0n) is 13.4. The molecule has 1 amide bonds. The van der Waals surface area contributed by atoms with E-state index in [9.17, 15) is 4.79 Å². The minimum absolute atomic E-state index is 0.253. The summed E-state index contributed by atoms with van der Waals surface area (Å²) in [6.07, 6.45) is 0. The molecule has 0 aliphatic rings. The van der Waals surface area contributed by atoms with E-state index in [2.05, 4.69) is 10.3 Å². The molecule has 1 heterocycles. The predicted octanol–water partition coefficient (Wildman–Crippen LogP) is 3.38. The smallest absolute Gasteiger partial charge is 0.251 e. The second-order valence-corrected chi connectivity index (χ2v) is 5.28. The largest absolute Gasteiger partial charge is 0.493 e. The maximum absolute atomic E-state index is 12.3. The number of ether oxygens (including phenoxy) is 2. The van der Waals surface area contributed by atoms with Crippen LogP contribution in [0, 0.1) is 6.92 Å². The summed E-state index contributed by atoms with van der Waals surface area (Å²) in [6, 6.07) is 8.84. The maximum Gasteiger partial charge on any atom is 0.251 e. The van der Waals surface area contributed by atoms with Crippen LogP contribution in [0.15, 0.2) is 30.3 Å². The van der Waals surface area contributed by atoms with E-state index in [1.165, 1.54) is 7.11 Å². The molecule has 5 nitrogen and oxygen atoms in total. The number of nitrogens with one attached hydrogen (secondary N) is 1. The van der Waals surface area contributed by atoms with Gasteiger partial charge in [-0.15, -0.1) is 0 Å². The fourth-order valence-electron chi connectivity index (χ4n) is 2.11. The number of carbonyl (C=O) groups excluding carboxylic acids is 1. The highest BCUT2D eigenvalue weighted by Crippen LogP contribution is 2.36. The van der Waals surface area contributed by atoms with Crippen LogP contribution in [-0.4, -0.2) is 24.6 Å². The van der Waals surface area contributed by atoms with Gasteiger partial charge in [0.1, 0.15) is 0 Å². The average molecular weight is 335 g/mol. The highest BCUT2D eigenvalue weighted by atomic mass is 35.5. The number of amides is 1. The Morgan fingerprint density at radius 3 is 2.78 bits per heavy atom. The Bertz CT molecular complexity index is 704. The van der Waals surface area contributed by atoms with Crippen molar-refractivity contribution >= 4 is 17.5 Å². The van der Waals surface area contributed by atoms with E-state index >= 15 is 0 Å². The Labute approximate surface area is 140 Å². The number of aryl methyl sites for hydroxylation is 1. The Morgan fingerprint density at radius 2 is 2.13 bits per heavy atom. The zero-order valence-corrected chi connectivity index (χ0v) is 14.1. The third-order valence-electron chi connectivity index (χ3n) is 3.16. The molecular formula is C17H19ClN2O3. The predicted molar refractivity (Wildman–Crippen MR) is 89.3 cm³/mol. The molecule has 0 spiro atoms. The normalized spacial score (nSPS) is 10.3. The molecule has 0 aliphatic heterocycles. The number of hydrogen-bond donors (Lipinski definition) is 1. The summed E-state index contributed by atoms with van der Waals surface area (Å²) in [5.74, 6) is 0.614. The van der Waals surface area contributed by atoms with Gasteiger partial charge in [0.15, 0.2) is 11.5 Å². The van der Waals surface area contributed by atoms with Gasteiger partial charge in [0.05, 0.1) is 31.0 Å². The molecule has 0 unspecified atom stereocenters. The van der Waals surface area contributed by atoms with E-state index in [0.717, 1.165) is 11.4 Å². The lowest BCUT2D eigenvalue weighted by Crippen LogP contribution is -2.23. The number of halogens is 1. The van der Waals surface area contributed by atoms with Crippen LogP contribution >= 0.6 is 11.6 Å². The number of nitrogens with zero attached hydrogens (tertiary/aromatic N) is 1. The molecule has 0 bridgehead atoms. The monoisotopic (exact) mass is 334 g/mol. The van der Waals surface area contributed by atoms with Gasteiger partial charge in [-0.1, -0.05) is 17.7 Å². The van der Waals surface area contributed by atoms with Crippen LogP contribution < -0.4 is 14.8 Å². The van der Waals surface area contributed by atoms with E-state index in [1.54, 1.807) is 12.1 Å². The summed E-state index contributed by atoms with van der Waals surface area (Å²) in [7, 11) is 1.51. The molecule has 23 heavy (non-hydrogen) atoms. The van der Waals surface area contributed by atoms with E-state index in [-0.39, 0.29) is 5.91 Å². The van der Waals surface area contributed by atoms with Crippen LogP contribution in [0.5, 0.6) is 11.5 Å². The van der Waals surface area contributed by atoms with E-state index in [0.29, 0.717) is 35.2 Å². The molecule has 0 radical (unpaired) electrons. The second kappa shape index (κ2) is 7.83. The van der Waals surface area contributed by atoms with Crippen LogP contribution in [0.25, 0.3) is 0 Å². The Balaban J connectivity index is 2.14. The van der Waals surface area contributed by atoms with Gasteiger partial charge in [0.2, 0.25) is 0 Å². The van der Waals surface area contributed by atoms with Crippen molar-refractivity contribution in [3.63, 3.8) is 0 Å². The van der Waals surface area contributed by atoms with Crippen molar-refractivity contribution in [2.75, 3.05) is 13.7 Å². The first kappa shape index (κ1) is 17.1.